The molecule has 1 aromatic heterocycles. The van der Waals surface area contributed by atoms with E-state index in [4.69, 9.17) is 5.73 Å². The first kappa shape index (κ1) is 15.1. The van der Waals surface area contributed by atoms with E-state index in [0.717, 1.165) is 29.8 Å². The normalized spacial score (nSPS) is 10.9. The van der Waals surface area contributed by atoms with E-state index in [1.54, 1.807) is 0 Å². The lowest BCUT2D eigenvalue weighted by Gasteiger charge is -2.13. The summed E-state index contributed by atoms with van der Waals surface area (Å²) in [5, 5.41) is 9.79. The first-order valence-electron chi connectivity index (χ1n) is 7.27. The van der Waals surface area contributed by atoms with E-state index >= 15 is 0 Å². The van der Waals surface area contributed by atoms with E-state index in [1.807, 2.05) is 24.3 Å². The van der Waals surface area contributed by atoms with Crippen LogP contribution in [-0.2, 0) is 6.42 Å². The second kappa shape index (κ2) is 6.43. The smallest absolute Gasteiger partial charge is 0.278 e. The molecule has 0 atom stereocenters. The zero-order valence-electron chi connectivity index (χ0n) is 12.7. The zero-order valence-corrected chi connectivity index (χ0v) is 12.7. The van der Waals surface area contributed by atoms with E-state index in [-0.39, 0.29) is 11.6 Å². The van der Waals surface area contributed by atoms with Crippen LogP contribution < -0.4 is 11.1 Å². The molecular weight excluding hydrogens is 264 g/mol. The molecule has 4 N–H and O–H groups in total. The van der Waals surface area contributed by atoms with Gasteiger partial charge in [0.1, 0.15) is 0 Å². The van der Waals surface area contributed by atoms with Gasteiger partial charge in [0.2, 0.25) is 0 Å². The maximum absolute atomic E-state index is 12.4. The number of para-hydroxylation sites is 1. The Labute approximate surface area is 124 Å². The van der Waals surface area contributed by atoms with Gasteiger partial charge >= 0.3 is 0 Å². The predicted octanol–water partition coefficient (Wildman–Crippen LogP) is 3.32. The fraction of sp³-hybridized carbons (Fsp3) is 0.375. The highest BCUT2D eigenvalue weighted by molar-refractivity contribution is 6.06. The van der Waals surface area contributed by atoms with Gasteiger partial charge in [0.05, 0.1) is 11.4 Å². The molecule has 0 bridgehead atoms. The molecule has 0 unspecified atom stereocenters. The Morgan fingerprint density at radius 1 is 1.38 bits per heavy atom. The van der Waals surface area contributed by atoms with Crippen LogP contribution in [0.5, 0.6) is 0 Å². The number of aromatic nitrogens is 2. The van der Waals surface area contributed by atoms with Gasteiger partial charge < -0.3 is 11.1 Å². The number of anilines is 2. The quantitative estimate of drug-likeness (QED) is 0.788. The van der Waals surface area contributed by atoms with Crippen molar-refractivity contribution >= 4 is 17.3 Å². The molecule has 2 aromatic rings. The van der Waals surface area contributed by atoms with Crippen molar-refractivity contribution in [2.45, 2.75) is 39.5 Å². The Morgan fingerprint density at radius 2 is 2.10 bits per heavy atom. The average Bonchev–Trinajstić information content (AvgIpc) is 2.81. The van der Waals surface area contributed by atoms with Crippen LogP contribution in [0.4, 0.5) is 11.4 Å². The number of carbonyl (C=O) groups excluding carboxylic acids is 1. The second-order valence-electron chi connectivity index (χ2n) is 5.41. The molecule has 0 aliphatic rings. The number of nitrogen functional groups attached to an aromatic ring is 1. The van der Waals surface area contributed by atoms with E-state index in [2.05, 4.69) is 36.3 Å². The fourth-order valence-electron chi connectivity index (χ4n) is 2.30. The topological polar surface area (TPSA) is 83.8 Å². The number of hydrogen-bond acceptors (Lipinski definition) is 3. The lowest BCUT2D eigenvalue weighted by Crippen LogP contribution is -2.15. The average molecular weight is 286 g/mol. The molecule has 0 spiro atoms. The summed E-state index contributed by atoms with van der Waals surface area (Å²) >= 11 is 0. The van der Waals surface area contributed by atoms with Gasteiger partial charge in [-0.3, -0.25) is 9.89 Å². The van der Waals surface area contributed by atoms with Crippen LogP contribution in [-0.4, -0.2) is 16.1 Å². The van der Waals surface area contributed by atoms with Crippen molar-refractivity contribution < 1.29 is 4.79 Å². The van der Waals surface area contributed by atoms with Crippen molar-refractivity contribution in [1.29, 1.82) is 0 Å². The largest absolute Gasteiger partial charge is 0.395 e. The molecule has 5 nitrogen and oxygen atoms in total. The van der Waals surface area contributed by atoms with Crippen LogP contribution in [0.2, 0.25) is 0 Å². The van der Waals surface area contributed by atoms with Crippen LogP contribution in [0, 0.1) is 0 Å². The van der Waals surface area contributed by atoms with Crippen LogP contribution in [0.1, 0.15) is 54.9 Å². The molecule has 0 saturated heterocycles. The van der Waals surface area contributed by atoms with Gasteiger partial charge in [0.25, 0.3) is 5.91 Å². The first-order valence-corrected chi connectivity index (χ1v) is 7.27. The summed E-state index contributed by atoms with van der Waals surface area (Å²) in [6.45, 7) is 6.24. The predicted molar refractivity (Wildman–Crippen MR) is 85.5 cm³/mol. The van der Waals surface area contributed by atoms with Gasteiger partial charge in [-0.2, -0.15) is 5.10 Å². The van der Waals surface area contributed by atoms with Crippen LogP contribution in [0.25, 0.3) is 0 Å². The third-order valence-corrected chi connectivity index (χ3v) is 3.43. The van der Waals surface area contributed by atoms with E-state index in [0.29, 0.717) is 11.6 Å². The number of aromatic amines is 1. The van der Waals surface area contributed by atoms with Crippen LogP contribution in [0.3, 0.4) is 0 Å². The highest BCUT2D eigenvalue weighted by atomic mass is 16.2. The molecule has 0 aliphatic carbocycles. The van der Waals surface area contributed by atoms with Crippen molar-refractivity contribution in [1.82, 2.24) is 10.2 Å². The minimum atomic E-state index is -0.279. The molecule has 0 saturated carbocycles. The fourth-order valence-corrected chi connectivity index (χ4v) is 2.30. The van der Waals surface area contributed by atoms with Crippen molar-refractivity contribution in [3.05, 3.63) is 41.2 Å². The summed E-state index contributed by atoms with van der Waals surface area (Å²) in [6, 6.07) is 7.77. The van der Waals surface area contributed by atoms with Gasteiger partial charge in [0.15, 0.2) is 5.69 Å². The molecule has 21 heavy (non-hydrogen) atoms. The number of nitrogens with one attached hydrogen (secondary N) is 2. The Morgan fingerprint density at radius 3 is 2.76 bits per heavy atom. The number of benzene rings is 1. The molecule has 2 rings (SSSR count). The molecule has 1 heterocycles. The molecule has 0 fully saturated rings. The Bertz CT molecular complexity index is 631. The number of amides is 1. The third kappa shape index (κ3) is 3.24. The summed E-state index contributed by atoms with van der Waals surface area (Å²) in [4.78, 5) is 12.4. The molecule has 1 aromatic carbocycles. The maximum Gasteiger partial charge on any atom is 0.278 e. The number of rotatable bonds is 5. The number of carbonyl (C=O) groups is 1. The number of aryl methyl sites for hydroxylation is 1. The third-order valence-electron chi connectivity index (χ3n) is 3.43. The van der Waals surface area contributed by atoms with Gasteiger partial charge in [-0.1, -0.05) is 45.4 Å². The lowest BCUT2D eigenvalue weighted by atomic mass is 10.0. The second-order valence-corrected chi connectivity index (χ2v) is 5.41. The monoisotopic (exact) mass is 286 g/mol. The summed E-state index contributed by atoms with van der Waals surface area (Å²) in [5.41, 5.74) is 9.40. The summed E-state index contributed by atoms with van der Waals surface area (Å²) in [6.07, 6.45) is 1.73. The standard InChI is InChI=1S/C16H22N4O/c1-4-7-13-14(17)15(20-19-13)16(21)18-12-9-6-5-8-11(12)10(2)3/h5-6,8-10H,4,7,17H2,1-3H3,(H,18,21)(H,19,20). The number of nitrogens with two attached hydrogens (primary N) is 1. The van der Waals surface area contributed by atoms with Crippen molar-refractivity contribution in [3.63, 3.8) is 0 Å². The number of nitrogens with zero attached hydrogens (tertiary/aromatic N) is 1. The highest BCUT2D eigenvalue weighted by Gasteiger charge is 2.18. The number of hydrogen-bond donors (Lipinski definition) is 3. The Hall–Kier alpha value is -2.30. The summed E-state index contributed by atoms with van der Waals surface area (Å²) in [7, 11) is 0. The molecular formula is C16H22N4O. The highest BCUT2D eigenvalue weighted by Crippen LogP contribution is 2.25. The van der Waals surface area contributed by atoms with Crippen molar-refractivity contribution in [2.24, 2.45) is 0 Å². The van der Waals surface area contributed by atoms with Gasteiger partial charge in [-0.25, -0.2) is 0 Å². The van der Waals surface area contributed by atoms with Gasteiger partial charge in [0, 0.05) is 5.69 Å². The van der Waals surface area contributed by atoms with Crippen LogP contribution >= 0.6 is 0 Å². The van der Waals surface area contributed by atoms with E-state index in [9.17, 15) is 4.79 Å². The minimum Gasteiger partial charge on any atom is -0.395 e. The molecule has 1 amide bonds. The SMILES string of the molecule is CCCc1[nH]nc(C(=O)Nc2ccccc2C(C)C)c1N. The van der Waals surface area contributed by atoms with Gasteiger partial charge in [-0.05, 0) is 24.0 Å². The first-order chi connectivity index (χ1) is 10.0. The zero-order chi connectivity index (χ0) is 15.4. The molecule has 112 valence electrons. The lowest BCUT2D eigenvalue weighted by molar-refractivity contribution is 0.102. The van der Waals surface area contributed by atoms with Gasteiger partial charge in [-0.15, -0.1) is 0 Å². The van der Waals surface area contributed by atoms with E-state index in [1.165, 1.54) is 0 Å². The van der Waals surface area contributed by atoms with E-state index < -0.39 is 0 Å². The molecule has 0 aliphatic heterocycles. The Kier molecular flexibility index (Phi) is 4.62. The number of H-pyrrole nitrogens is 1. The molecule has 0 radical (unpaired) electrons. The minimum absolute atomic E-state index is 0.261. The summed E-state index contributed by atoms with van der Waals surface area (Å²) < 4.78 is 0. The Balaban J connectivity index is 2.23. The van der Waals surface area contributed by atoms with Crippen molar-refractivity contribution in [2.75, 3.05) is 11.1 Å². The summed E-state index contributed by atoms with van der Waals surface area (Å²) in [5.74, 6) is 0.0490. The maximum atomic E-state index is 12.4. The molecule has 5 heteroatoms. The van der Waals surface area contributed by atoms with Crippen molar-refractivity contribution in [3.8, 4) is 0 Å². The van der Waals surface area contributed by atoms with Crippen LogP contribution in [0.15, 0.2) is 24.3 Å².